The van der Waals surface area contributed by atoms with Crippen LogP contribution >= 0.6 is 0 Å². The van der Waals surface area contributed by atoms with Crippen molar-refractivity contribution < 1.29 is 9.59 Å². The number of hydrogen-bond acceptors (Lipinski definition) is 5. The van der Waals surface area contributed by atoms with E-state index in [2.05, 4.69) is 23.4 Å². The van der Waals surface area contributed by atoms with E-state index in [1.54, 1.807) is 12.2 Å². The Balaban J connectivity index is 0.00000163. The van der Waals surface area contributed by atoms with Crippen molar-refractivity contribution in [2.75, 3.05) is 19.6 Å². The highest BCUT2D eigenvalue weighted by molar-refractivity contribution is 6.03. The molecule has 1 N–H and O–H groups in total. The summed E-state index contributed by atoms with van der Waals surface area (Å²) in [5.74, 6) is -3.10. The van der Waals surface area contributed by atoms with Crippen LogP contribution in [0.5, 0.6) is 0 Å². The van der Waals surface area contributed by atoms with Gasteiger partial charge in [-0.3, -0.25) is 19.8 Å². The molecule has 0 aromatic heterocycles. The lowest BCUT2D eigenvalue weighted by Crippen LogP contribution is -2.60. The van der Waals surface area contributed by atoms with Crippen molar-refractivity contribution in [3.63, 3.8) is 0 Å². The van der Waals surface area contributed by atoms with Gasteiger partial charge in [-0.2, -0.15) is 10.5 Å². The van der Waals surface area contributed by atoms with Gasteiger partial charge in [-0.15, -0.1) is 0 Å². The van der Waals surface area contributed by atoms with Gasteiger partial charge in [-0.1, -0.05) is 45.2 Å². The number of amides is 2. The van der Waals surface area contributed by atoms with E-state index < -0.39 is 29.1 Å². The molecular weight excluding hydrogens is 328 g/mol. The van der Waals surface area contributed by atoms with Gasteiger partial charge in [-0.05, 0) is 31.5 Å². The monoisotopic (exact) mass is 354 g/mol. The number of likely N-dealkylation sites (tertiary alicyclic amines) is 1. The van der Waals surface area contributed by atoms with E-state index in [4.69, 9.17) is 0 Å². The first kappa shape index (κ1) is 21.3. The molecule has 0 radical (unpaired) electrons. The van der Waals surface area contributed by atoms with Crippen LogP contribution in [0.1, 0.15) is 26.7 Å². The summed E-state index contributed by atoms with van der Waals surface area (Å²) in [7, 11) is 0. The van der Waals surface area contributed by atoms with E-state index in [9.17, 15) is 20.1 Å². The standard InChI is InChI=1S/C18H20N4O2.C2H6/c1-3-5-13(4-2)12-22-8-6-18(7-9-22)14(10-19)16(23)21-17(24)15(18)11-20;1-2/h3-5,14-15H,1-2,6-9,12H2,(H,21,23,24);1-2H3/b13-5+;. The van der Waals surface area contributed by atoms with Gasteiger partial charge in [0.2, 0.25) is 11.8 Å². The number of rotatable bonds is 4. The molecule has 2 unspecified atom stereocenters. The largest absolute Gasteiger partial charge is 0.299 e. The second-order valence-corrected chi connectivity index (χ2v) is 6.17. The zero-order valence-corrected chi connectivity index (χ0v) is 15.5. The zero-order chi connectivity index (χ0) is 19.7. The van der Waals surface area contributed by atoms with Crippen LogP contribution in [-0.4, -0.2) is 36.3 Å². The minimum Gasteiger partial charge on any atom is -0.299 e. The molecule has 6 heteroatoms. The SMILES string of the molecule is C=C/C=C(\C=C)CN1CCC2(CC1)C(C#N)C(=O)NC(=O)C2C#N.CC. The molecule has 2 heterocycles. The molecule has 2 amide bonds. The number of imide groups is 1. The third-order valence-corrected chi connectivity index (χ3v) is 4.97. The number of carbonyl (C=O) groups is 2. The van der Waals surface area contributed by atoms with Gasteiger partial charge in [0.25, 0.3) is 0 Å². The van der Waals surface area contributed by atoms with Crippen molar-refractivity contribution in [1.29, 1.82) is 10.5 Å². The molecular formula is C20H26N4O2. The second kappa shape index (κ2) is 9.70. The Hall–Kier alpha value is -2.70. The third-order valence-electron chi connectivity index (χ3n) is 4.97. The molecule has 0 saturated carbocycles. The first-order valence-corrected chi connectivity index (χ1v) is 8.82. The summed E-state index contributed by atoms with van der Waals surface area (Å²) in [6, 6.07) is 4.02. The molecule has 0 aromatic carbocycles. The van der Waals surface area contributed by atoms with Crippen molar-refractivity contribution >= 4 is 11.8 Å². The van der Waals surface area contributed by atoms with Crippen molar-refractivity contribution in [3.05, 3.63) is 37.0 Å². The van der Waals surface area contributed by atoms with E-state index in [1.807, 2.05) is 32.1 Å². The van der Waals surface area contributed by atoms with Crippen LogP contribution in [0, 0.1) is 39.9 Å². The van der Waals surface area contributed by atoms with Crippen LogP contribution in [0.25, 0.3) is 0 Å². The van der Waals surface area contributed by atoms with E-state index in [0.717, 1.165) is 5.57 Å². The van der Waals surface area contributed by atoms with Crippen LogP contribution in [0.15, 0.2) is 37.0 Å². The molecule has 26 heavy (non-hydrogen) atoms. The fourth-order valence-corrected chi connectivity index (χ4v) is 3.63. The summed E-state index contributed by atoms with van der Waals surface area (Å²) < 4.78 is 0. The summed E-state index contributed by atoms with van der Waals surface area (Å²) >= 11 is 0. The summed E-state index contributed by atoms with van der Waals surface area (Å²) in [5, 5.41) is 21.0. The maximum atomic E-state index is 12.1. The van der Waals surface area contributed by atoms with Crippen molar-refractivity contribution in [1.82, 2.24) is 10.2 Å². The Morgan fingerprint density at radius 1 is 1.19 bits per heavy atom. The van der Waals surface area contributed by atoms with Gasteiger partial charge >= 0.3 is 0 Å². The van der Waals surface area contributed by atoms with Gasteiger partial charge in [0.1, 0.15) is 11.8 Å². The number of carbonyl (C=O) groups excluding carboxylic acids is 2. The molecule has 2 aliphatic heterocycles. The second-order valence-electron chi connectivity index (χ2n) is 6.17. The Labute approximate surface area is 155 Å². The average molecular weight is 354 g/mol. The van der Waals surface area contributed by atoms with Crippen LogP contribution < -0.4 is 5.32 Å². The fraction of sp³-hybridized carbons (Fsp3) is 0.500. The van der Waals surface area contributed by atoms with Crippen LogP contribution in [-0.2, 0) is 9.59 Å². The normalized spacial score (nSPS) is 25.2. The van der Waals surface area contributed by atoms with Crippen LogP contribution in [0.2, 0.25) is 0 Å². The van der Waals surface area contributed by atoms with Crippen molar-refractivity contribution in [2.45, 2.75) is 26.7 Å². The Bertz CT molecular complexity index is 639. The third kappa shape index (κ3) is 4.09. The molecule has 2 fully saturated rings. The first-order chi connectivity index (χ1) is 12.5. The molecule has 2 saturated heterocycles. The molecule has 2 rings (SSSR count). The minimum absolute atomic E-state index is 0.459. The molecule has 1 spiro atoms. The number of nitrogens with one attached hydrogen (secondary N) is 1. The fourth-order valence-electron chi connectivity index (χ4n) is 3.63. The Morgan fingerprint density at radius 3 is 2.08 bits per heavy atom. The lowest BCUT2D eigenvalue weighted by Gasteiger charge is -2.47. The van der Waals surface area contributed by atoms with Gasteiger partial charge in [0.15, 0.2) is 0 Å². The van der Waals surface area contributed by atoms with Gasteiger partial charge in [-0.25, -0.2) is 0 Å². The molecule has 0 aromatic rings. The van der Waals surface area contributed by atoms with Gasteiger partial charge in [0, 0.05) is 12.0 Å². The first-order valence-electron chi connectivity index (χ1n) is 8.82. The van der Waals surface area contributed by atoms with E-state index in [0.29, 0.717) is 32.5 Å². The average Bonchev–Trinajstić information content (AvgIpc) is 2.65. The number of nitrogens with zero attached hydrogens (tertiary/aromatic N) is 3. The lowest BCUT2D eigenvalue weighted by molar-refractivity contribution is -0.147. The van der Waals surface area contributed by atoms with E-state index in [1.165, 1.54) is 0 Å². The van der Waals surface area contributed by atoms with Crippen molar-refractivity contribution in [3.8, 4) is 12.1 Å². The molecule has 0 bridgehead atoms. The maximum absolute atomic E-state index is 12.1. The Morgan fingerprint density at radius 2 is 1.69 bits per heavy atom. The van der Waals surface area contributed by atoms with Crippen LogP contribution in [0.4, 0.5) is 0 Å². The minimum atomic E-state index is -0.968. The zero-order valence-electron chi connectivity index (χ0n) is 15.5. The van der Waals surface area contributed by atoms with E-state index in [-0.39, 0.29) is 0 Å². The Kier molecular flexibility index (Phi) is 7.96. The predicted octanol–water partition coefficient (Wildman–Crippen LogP) is 2.33. The highest BCUT2D eigenvalue weighted by atomic mass is 16.2. The molecule has 138 valence electrons. The number of nitriles is 2. The molecule has 2 atom stereocenters. The topological polar surface area (TPSA) is 97.0 Å². The van der Waals surface area contributed by atoms with E-state index >= 15 is 0 Å². The molecule has 2 aliphatic rings. The summed E-state index contributed by atoms with van der Waals surface area (Å²) in [5.41, 5.74) is 0.127. The van der Waals surface area contributed by atoms with Gasteiger partial charge < -0.3 is 0 Å². The predicted molar refractivity (Wildman–Crippen MR) is 99.3 cm³/mol. The van der Waals surface area contributed by atoms with Crippen molar-refractivity contribution in [2.24, 2.45) is 17.3 Å². The number of piperidine rings is 2. The number of hydrogen-bond donors (Lipinski definition) is 1. The summed E-state index contributed by atoms with van der Waals surface area (Å²) in [6.07, 6.45) is 6.26. The lowest BCUT2D eigenvalue weighted by atomic mass is 9.59. The summed E-state index contributed by atoms with van der Waals surface area (Å²) in [6.45, 7) is 13.3. The quantitative estimate of drug-likeness (QED) is 0.617. The highest BCUT2D eigenvalue weighted by Crippen LogP contribution is 2.47. The van der Waals surface area contributed by atoms with Gasteiger partial charge in [0.05, 0.1) is 12.1 Å². The number of allylic oxidation sites excluding steroid dienone is 2. The maximum Gasteiger partial charge on any atom is 0.244 e. The highest BCUT2D eigenvalue weighted by Gasteiger charge is 2.57. The summed E-state index contributed by atoms with van der Waals surface area (Å²) in [4.78, 5) is 26.3. The van der Waals surface area contributed by atoms with Crippen LogP contribution in [0.3, 0.4) is 0 Å². The molecule has 0 aliphatic carbocycles. The smallest absolute Gasteiger partial charge is 0.244 e. The molecule has 6 nitrogen and oxygen atoms in total.